The minimum Gasteiger partial charge on any atom is -0.465 e. The molecule has 0 radical (unpaired) electrons. The number of thiophene rings is 1. The van der Waals surface area contributed by atoms with Crippen molar-refractivity contribution in [3.8, 4) is 0 Å². The molecule has 2 heterocycles. The maximum atomic E-state index is 14.2. The molecule has 1 aliphatic carbocycles. The van der Waals surface area contributed by atoms with Crippen molar-refractivity contribution in [2.75, 3.05) is 11.5 Å². The molecule has 2 aromatic carbocycles. The first-order valence-electron chi connectivity index (χ1n) is 12.1. The molecule has 0 saturated carbocycles. The van der Waals surface area contributed by atoms with Crippen molar-refractivity contribution in [1.82, 2.24) is 0 Å². The molecule has 0 saturated heterocycles. The fourth-order valence-corrected chi connectivity index (χ4v) is 6.20. The van der Waals surface area contributed by atoms with Crippen molar-refractivity contribution < 1.29 is 28.4 Å². The number of carbonyl (C=O) groups is 3. The fraction of sp³-hybridized carbons (Fsp3) is 0.250. The number of ketones is 1. The van der Waals surface area contributed by atoms with Gasteiger partial charge in [0.15, 0.2) is 5.78 Å². The van der Waals surface area contributed by atoms with Crippen molar-refractivity contribution in [2.45, 2.75) is 31.6 Å². The van der Waals surface area contributed by atoms with Crippen molar-refractivity contribution in [2.24, 2.45) is 5.92 Å². The van der Waals surface area contributed by atoms with Crippen LogP contribution in [-0.4, -0.2) is 29.2 Å². The van der Waals surface area contributed by atoms with Crippen LogP contribution in [0.5, 0.6) is 0 Å². The summed E-state index contributed by atoms with van der Waals surface area (Å²) in [5.41, 5.74) is 1.33. The normalized spacial score (nSPS) is 21.3. The van der Waals surface area contributed by atoms with Gasteiger partial charge < -0.3 is 4.74 Å². The Labute approximate surface area is 221 Å². The number of hydrogen-bond donors (Lipinski definition) is 0. The van der Waals surface area contributed by atoms with E-state index in [2.05, 4.69) is 0 Å². The molecule has 5 rings (SSSR count). The van der Waals surface area contributed by atoms with E-state index in [1.807, 2.05) is 17.5 Å². The number of nitrogens with zero attached hydrogens (tertiary/aromatic N) is 2. The molecule has 1 aromatic heterocycles. The Balaban J connectivity index is 1.72. The third-order valence-corrected chi connectivity index (χ3v) is 7.94. The number of rotatable bonds is 6. The van der Waals surface area contributed by atoms with Crippen LogP contribution < -0.4 is 4.90 Å². The third-order valence-electron chi connectivity index (χ3n) is 6.94. The summed E-state index contributed by atoms with van der Waals surface area (Å²) in [6.45, 7) is 1.76. The van der Waals surface area contributed by atoms with Crippen molar-refractivity contribution in [3.63, 3.8) is 0 Å². The molecule has 0 spiro atoms. The Morgan fingerprint density at radius 1 is 1.13 bits per heavy atom. The second-order valence-corrected chi connectivity index (χ2v) is 10.1. The first-order valence-corrected chi connectivity index (χ1v) is 13.0. The number of halogens is 1. The lowest BCUT2D eigenvalue weighted by Gasteiger charge is -2.42. The van der Waals surface area contributed by atoms with Gasteiger partial charge in [-0.05, 0) is 54.6 Å². The lowest BCUT2D eigenvalue weighted by molar-refractivity contribution is -0.384. The number of anilines is 1. The summed E-state index contributed by atoms with van der Waals surface area (Å²) in [6, 6.07) is 14.9. The topological polar surface area (TPSA) is 107 Å². The Bertz CT molecular complexity index is 1450. The van der Waals surface area contributed by atoms with Crippen LogP contribution in [0.25, 0.3) is 0 Å². The summed E-state index contributed by atoms with van der Waals surface area (Å²) in [4.78, 5) is 54.2. The number of nitro benzene ring substituents is 1. The Kier molecular flexibility index (Phi) is 6.90. The van der Waals surface area contributed by atoms with Gasteiger partial charge in [-0.1, -0.05) is 18.2 Å². The van der Waals surface area contributed by atoms with Crippen LogP contribution in [0.3, 0.4) is 0 Å². The van der Waals surface area contributed by atoms with Crippen molar-refractivity contribution in [1.29, 1.82) is 0 Å². The van der Waals surface area contributed by atoms with E-state index in [9.17, 15) is 28.9 Å². The number of benzene rings is 2. The smallest absolute Gasteiger partial charge is 0.317 e. The number of nitro groups is 1. The van der Waals surface area contributed by atoms with Gasteiger partial charge in [-0.3, -0.25) is 29.4 Å². The van der Waals surface area contributed by atoms with E-state index in [-0.39, 0.29) is 36.6 Å². The van der Waals surface area contributed by atoms with Gasteiger partial charge in [0.1, 0.15) is 11.7 Å². The number of allylic oxidation sites excluding steroid dienone is 2. The van der Waals surface area contributed by atoms with Crippen LogP contribution in [0, 0.1) is 21.8 Å². The molecule has 1 aliphatic heterocycles. The Morgan fingerprint density at radius 2 is 1.89 bits per heavy atom. The maximum Gasteiger partial charge on any atom is 0.317 e. The highest BCUT2D eigenvalue weighted by molar-refractivity contribution is 7.10. The number of non-ortho nitro benzene ring substituents is 1. The van der Waals surface area contributed by atoms with Crippen LogP contribution in [0.1, 0.15) is 42.0 Å². The summed E-state index contributed by atoms with van der Waals surface area (Å²) >= 11 is 1.40. The highest BCUT2D eigenvalue weighted by Gasteiger charge is 2.50. The highest BCUT2D eigenvalue weighted by Crippen LogP contribution is 2.50. The lowest BCUT2D eigenvalue weighted by Crippen LogP contribution is -2.46. The maximum absolute atomic E-state index is 14.2. The Hall–Kier alpha value is -4.18. The first-order chi connectivity index (χ1) is 18.3. The second-order valence-electron chi connectivity index (χ2n) is 9.09. The molecule has 1 amide bonds. The van der Waals surface area contributed by atoms with Gasteiger partial charge in [-0.25, -0.2) is 4.39 Å². The van der Waals surface area contributed by atoms with E-state index in [0.29, 0.717) is 16.9 Å². The summed E-state index contributed by atoms with van der Waals surface area (Å²) in [5.74, 6) is -4.41. The van der Waals surface area contributed by atoms with Gasteiger partial charge in [0.2, 0.25) is 5.91 Å². The predicted octanol–water partition coefficient (Wildman–Crippen LogP) is 5.51. The molecule has 38 heavy (non-hydrogen) atoms. The SMILES string of the molecule is CCOC(=O)[C@@H]1C(=O)C2=C(C[C@H]1c1cccs1)N(c1ccc(F)cc1)C(=O)C[C@@H]2c1cccc([N+](=O)[O-])c1. The first kappa shape index (κ1) is 25.5. The third kappa shape index (κ3) is 4.51. The average molecular weight is 535 g/mol. The standard InChI is InChI=1S/C28H23FN2O6S/c1-2-37-28(34)26-21(23-7-4-12-38-23)14-22-25(27(26)33)20(16-5-3-6-19(13-16)31(35)36)15-24(32)30(22)18-10-8-17(29)9-11-18/h3-13,20-21,26H,2,14-15H2,1H3/t20-,21+,26+/m1/s1. The molecular formula is C28H23FN2O6S. The molecule has 10 heteroatoms. The molecule has 3 aromatic rings. The number of hydrogen-bond acceptors (Lipinski definition) is 7. The minimum atomic E-state index is -1.13. The van der Waals surface area contributed by atoms with Crippen molar-refractivity contribution >= 4 is 40.4 Å². The summed E-state index contributed by atoms with van der Waals surface area (Å²) in [5, 5.41) is 13.3. The largest absolute Gasteiger partial charge is 0.465 e. The van der Waals surface area contributed by atoms with Crippen LogP contribution in [-0.2, 0) is 19.1 Å². The number of carbonyl (C=O) groups excluding carboxylic acids is 3. The summed E-state index contributed by atoms with van der Waals surface area (Å²) in [6.07, 6.45) is 0.0297. The minimum absolute atomic E-state index is 0.0974. The molecule has 3 atom stereocenters. The summed E-state index contributed by atoms with van der Waals surface area (Å²) in [7, 11) is 0. The second kappa shape index (κ2) is 10.3. The van der Waals surface area contributed by atoms with Crippen LogP contribution >= 0.6 is 11.3 Å². The van der Waals surface area contributed by atoms with E-state index < -0.39 is 40.2 Å². The van der Waals surface area contributed by atoms with Crippen molar-refractivity contribution in [3.05, 3.63) is 104 Å². The van der Waals surface area contributed by atoms with Gasteiger partial charge in [0.25, 0.3) is 5.69 Å². The quantitative estimate of drug-likeness (QED) is 0.179. The molecule has 0 bridgehead atoms. The van der Waals surface area contributed by atoms with Gasteiger partial charge >= 0.3 is 5.97 Å². The predicted molar refractivity (Wildman–Crippen MR) is 138 cm³/mol. The van der Waals surface area contributed by atoms with Crippen LogP contribution in [0.15, 0.2) is 77.3 Å². The zero-order chi connectivity index (χ0) is 27.0. The van der Waals surface area contributed by atoms with Gasteiger partial charge in [-0.15, -0.1) is 11.3 Å². The lowest BCUT2D eigenvalue weighted by atomic mass is 9.69. The number of Topliss-reactive ketones (excluding diaryl/α,β-unsaturated/α-hetero) is 1. The van der Waals surface area contributed by atoms with Gasteiger partial charge in [-0.2, -0.15) is 0 Å². The number of esters is 1. The zero-order valence-corrected chi connectivity index (χ0v) is 21.2. The Morgan fingerprint density at radius 3 is 2.55 bits per heavy atom. The van der Waals surface area contributed by atoms with Crippen LogP contribution in [0.2, 0.25) is 0 Å². The molecular weight excluding hydrogens is 511 g/mol. The summed E-state index contributed by atoms with van der Waals surface area (Å²) < 4.78 is 19.0. The van der Waals surface area contributed by atoms with Crippen LogP contribution in [0.4, 0.5) is 15.8 Å². The zero-order valence-electron chi connectivity index (χ0n) is 20.3. The van der Waals surface area contributed by atoms with E-state index in [1.165, 1.54) is 58.7 Å². The molecule has 8 nitrogen and oxygen atoms in total. The average Bonchev–Trinajstić information content (AvgIpc) is 3.44. The fourth-order valence-electron chi connectivity index (χ4n) is 5.33. The van der Waals surface area contributed by atoms with E-state index in [4.69, 9.17) is 4.74 Å². The van der Waals surface area contributed by atoms with Gasteiger partial charge in [0, 0.05) is 52.2 Å². The van der Waals surface area contributed by atoms with E-state index in [0.717, 1.165) is 4.88 Å². The highest BCUT2D eigenvalue weighted by atomic mass is 32.1. The van der Waals surface area contributed by atoms with E-state index >= 15 is 0 Å². The van der Waals surface area contributed by atoms with Gasteiger partial charge in [0.05, 0.1) is 11.5 Å². The molecule has 194 valence electrons. The number of amides is 1. The molecule has 0 unspecified atom stereocenters. The molecule has 2 aliphatic rings. The monoisotopic (exact) mass is 534 g/mol. The number of ether oxygens (including phenoxy) is 1. The molecule has 0 fully saturated rings. The van der Waals surface area contributed by atoms with E-state index in [1.54, 1.807) is 13.0 Å². The molecule has 0 N–H and O–H groups in total.